The maximum atomic E-state index is 12.9. The summed E-state index contributed by atoms with van der Waals surface area (Å²) in [5.41, 5.74) is 1.49. The molecule has 0 radical (unpaired) electrons. The average molecular weight is 320 g/mol. The lowest BCUT2D eigenvalue weighted by Crippen LogP contribution is -2.44. The van der Waals surface area contributed by atoms with Crippen LogP contribution in [0.2, 0.25) is 5.02 Å². The van der Waals surface area contributed by atoms with Gasteiger partial charge in [0.05, 0.1) is 11.3 Å². The van der Waals surface area contributed by atoms with Crippen LogP contribution in [-0.4, -0.2) is 28.4 Å². The molecule has 0 bridgehead atoms. The number of rotatable bonds is 2. The molecule has 0 spiro atoms. The molecule has 1 amide bonds. The van der Waals surface area contributed by atoms with Crippen LogP contribution < -0.4 is 0 Å². The summed E-state index contributed by atoms with van der Waals surface area (Å²) in [6.07, 6.45) is 4.22. The number of carboxylic acids is 1. The van der Waals surface area contributed by atoms with Crippen LogP contribution in [0.4, 0.5) is 0 Å². The third-order valence-corrected chi connectivity index (χ3v) is 5.90. The highest BCUT2D eigenvalue weighted by Gasteiger charge is 2.63. The molecule has 1 N–H and O–H groups in total. The van der Waals surface area contributed by atoms with Crippen molar-refractivity contribution in [2.45, 2.75) is 38.1 Å². The first kappa shape index (κ1) is 14.1. The number of carbonyl (C=O) groups is 2. The number of hydrogen-bond donors (Lipinski definition) is 1. The summed E-state index contributed by atoms with van der Waals surface area (Å²) in [4.78, 5) is 26.3. The summed E-state index contributed by atoms with van der Waals surface area (Å²) in [5, 5.41) is 10.1. The van der Waals surface area contributed by atoms with Gasteiger partial charge in [0.1, 0.15) is 0 Å². The molecule has 2 fully saturated rings. The van der Waals surface area contributed by atoms with E-state index in [2.05, 4.69) is 0 Å². The largest absolute Gasteiger partial charge is 0.481 e. The highest BCUT2D eigenvalue weighted by atomic mass is 35.5. The Labute approximate surface area is 134 Å². The summed E-state index contributed by atoms with van der Waals surface area (Å²) in [6.45, 7) is 0.754. The topological polar surface area (TPSA) is 57.6 Å². The molecule has 22 heavy (non-hydrogen) atoms. The van der Waals surface area contributed by atoms with Crippen LogP contribution in [0.25, 0.3) is 0 Å². The van der Waals surface area contributed by atoms with Gasteiger partial charge >= 0.3 is 5.97 Å². The van der Waals surface area contributed by atoms with Crippen molar-refractivity contribution in [1.29, 1.82) is 0 Å². The zero-order valence-electron chi connectivity index (χ0n) is 12.2. The van der Waals surface area contributed by atoms with E-state index in [1.54, 1.807) is 23.1 Å². The predicted octanol–water partition coefficient (Wildman–Crippen LogP) is 3.04. The number of aliphatic carboxylic acids is 1. The molecule has 0 aromatic heterocycles. The molecular weight excluding hydrogens is 302 g/mol. The Morgan fingerprint density at radius 2 is 2.18 bits per heavy atom. The Morgan fingerprint density at radius 3 is 2.82 bits per heavy atom. The monoisotopic (exact) mass is 319 g/mol. The average Bonchev–Trinajstić information content (AvgIpc) is 3.06. The summed E-state index contributed by atoms with van der Waals surface area (Å²) in [5.74, 6) is -0.840. The van der Waals surface area contributed by atoms with Crippen molar-refractivity contribution in [3.63, 3.8) is 0 Å². The fraction of sp³-hybridized carbons (Fsp3) is 0.529. The van der Waals surface area contributed by atoms with Crippen LogP contribution in [0.5, 0.6) is 0 Å². The molecule has 1 aliphatic heterocycles. The van der Waals surface area contributed by atoms with E-state index in [-0.39, 0.29) is 17.9 Å². The first-order valence-corrected chi connectivity index (χ1v) is 8.19. The van der Waals surface area contributed by atoms with Gasteiger partial charge in [0.25, 0.3) is 0 Å². The van der Waals surface area contributed by atoms with Gasteiger partial charge in [0, 0.05) is 18.1 Å². The minimum Gasteiger partial charge on any atom is -0.481 e. The molecule has 3 atom stereocenters. The molecular formula is C17H18ClNO3. The molecule has 0 saturated heterocycles. The second-order valence-electron chi connectivity index (χ2n) is 6.87. The van der Waals surface area contributed by atoms with Crippen LogP contribution in [0, 0.1) is 11.3 Å². The van der Waals surface area contributed by atoms with Crippen LogP contribution in [0.1, 0.15) is 42.7 Å². The molecule has 2 aliphatic carbocycles. The van der Waals surface area contributed by atoms with E-state index in [1.807, 2.05) is 0 Å². The number of carbonyl (C=O) groups excluding carboxylic acids is 1. The summed E-state index contributed by atoms with van der Waals surface area (Å²) in [7, 11) is 0. The quantitative estimate of drug-likeness (QED) is 0.911. The fourth-order valence-corrected chi connectivity index (χ4v) is 4.61. The van der Waals surface area contributed by atoms with Gasteiger partial charge in [0.15, 0.2) is 0 Å². The molecule has 1 aromatic rings. The van der Waals surface area contributed by atoms with Crippen molar-refractivity contribution in [3.05, 3.63) is 34.3 Å². The van der Waals surface area contributed by atoms with Gasteiger partial charge < -0.3 is 10.0 Å². The van der Waals surface area contributed by atoms with Crippen LogP contribution in [-0.2, 0) is 16.1 Å². The summed E-state index contributed by atoms with van der Waals surface area (Å²) < 4.78 is 0. The SMILES string of the molecule is O=C(O)C1CN(C(=O)[C@@]23CCC[C@@H]2C3)Cc2cc(Cl)ccc21. The zero-order chi connectivity index (χ0) is 15.5. The lowest BCUT2D eigenvalue weighted by atomic mass is 9.88. The second-order valence-corrected chi connectivity index (χ2v) is 7.31. The number of carboxylic acid groups (broad SMARTS) is 1. The highest BCUT2D eigenvalue weighted by molar-refractivity contribution is 6.30. The minimum absolute atomic E-state index is 0.159. The van der Waals surface area contributed by atoms with Gasteiger partial charge in [-0.3, -0.25) is 9.59 Å². The van der Waals surface area contributed by atoms with E-state index in [4.69, 9.17) is 11.6 Å². The third kappa shape index (κ3) is 1.97. The second kappa shape index (κ2) is 4.72. The highest BCUT2D eigenvalue weighted by Crippen LogP contribution is 2.64. The van der Waals surface area contributed by atoms with Gasteiger partial charge in [-0.1, -0.05) is 24.1 Å². The Hall–Kier alpha value is -1.55. The molecule has 5 heteroatoms. The lowest BCUT2D eigenvalue weighted by Gasteiger charge is -2.35. The molecule has 4 nitrogen and oxygen atoms in total. The van der Waals surface area contributed by atoms with Gasteiger partial charge in [0.2, 0.25) is 5.91 Å². The molecule has 3 aliphatic rings. The van der Waals surface area contributed by atoms with Crippen molar-refractivity contribution in [2.75, 3.05) is 6.54 Å². The maximum Gasteiger partial charge on any atom is 0.312 e. The normalized spacial score (nSPS) is 32.3. The standard InChI is InChI=1S/C17H18ClNO3/c18-12-3-4-13-10(6-12)8-19(9-14(13)15(20)21)16(22)17-5-1-2-11(17)7-17/h3-4,6,11,14H,1-2,5,7-9H2,(H,20,21)/t11-,14?,17-/m1/s1. The number of fused-ring (bicyclic) bond motifs is 2. The van der Waals surface area contributed by atoms with Crippen molar-refractivity contribution < 1.29 is 14.7 Å². The molecule has 1 unspecified atom stereocenters. The Morgan fingerprint density at radius 1 is 1.36 bits per heavy atom. The van der Waals surface area contributed by atoms with Gasteiger partial charge in [-0.15, -0.1) is 0 Å². The van der Waals surface area contributed by atoms with Crippen LogP contribution in [0.3, 0.4) is 0 Å². The Balaban J connectivity index is 1.66. The van der Waals surface area contributed by atoms with E-state index in [1.165, 1.54) is 0 Å². The minimum atomic E-state index is -0.877. The summed E-state index contributed by atoms with van der Waals surface area (Å²) >= 11 is 6.04. The molecule has 4 rings (SSSR count). The number of nitrogens with zero attached hydrogens (tertiary/aromatic N) is 1. The molecule has 2 saturated carbocycles. The Bertz CT molecular complexity index is 674. The number of halogens is 1. The maximum absolute atomic E-state index is 12.9. The van der Waals surface area contributed by atoms with E-state index in [0.29, 0.717) is 17.5 Å². The first-order valence-electron chi connectivity index (χ1n) is 7.82. The fourth-order valence-electron chi connectivity index (χ4n) is 4.42. The van der Waals surface area contributed by atoms with E-state index in [9.17, 15) is 14.7 Å². The van der Waals surface area contributed by atoms with Gasteiger partial charge in [-0.2, -0.15) is 0 Å². The molecule has 1 aromatic carbocycles. The number of benzene rings is 1. The van der Waals surface area contributed by atoms with Crippen molar-refractivity contribution in [3.8, 4) is 0 Å². The zero-order valence-corrected chi connectivity index (χ0v) is 13.0. The predicted molar refractivity (Wildman–Crippen MR) is 81.6 cm³/mol. The number of amides is 1. The van der Waals surface area contributed by atoms with Gasteiger partial charge in [-0.25, -0.2) is 0 Å². The molecule has 1 heterocycles. The smallest absolute Gasteiger partial charge is 0.312 e. The van der Waals surface area contributed by atoms with Crippen molar-refractivity contribution in [2.24, 2.45) is 11.3 Å². The third-order valence-electron chi connectivity index (χ3n) is 5.66. The first-order chi connectivity index (χ1) is 10.5. The van der Waals surface area contributed by atoms with Crippen molar-refractivity contribution in [1.82, 2.24) is 4.90 Å². The Kier molecular flexibility index (Phi) is 3.02. The molecule has 116 valence electrons. The number of hydrogen-bond acceptors (Lipinski definition) is 2. The lowest BCUT2D eigenvalue weighted by molar-refractivity contribution is -0.143. The van der Waals surface area contributed by atoms with E-state index in [0.717, 1.165) is 36.8 Å². The van der Waals surface area contributed by atoms with Crippen LogP contribution >= 0.6 is 11.6 Å². The summed E-state index contributed by atoms with van der Waals surface area (Å²) in [6, 6.07) is 5.30. The van der Waals surface area contributed by atoms with Crippen LogP contribution in [0.15, 0.2) is 18.2 Å². The van der Waals surface area contributed by atoms with Gasteiger partial charge in [-0.05, 0) is 48.4 Å². The van der Waals surface area contributed by atoms with E-state index >= 15 is 0 Å². The van der Waals surface area contributed by atoms with E-state index < -0.39 is 11.9 Å². The van der Waals surface area contributed by atoms with Crippen molar-refractivity contribution >= 4 is 23.5 Å².